The van der Waals surface area contributed by atoms with Gasteiger partial charge in [-0.1, -0.05) is 48.0 Å². The van der Waals surface area contributed by atoms with E-state index < -0.39 is 46.6 Å². The number of aryl methyl sites for hydroxylation is 1. The fourth-order valence-electron chi connectivity index (χ4n) is 2.75. The van der Waals surface area contributed by atoms with Crippen LogP contribution in [0.5, 0.6) is 0 Å². The maximum absolute atomic E-state index is 12.4. The lowest BCUT2D eigenvalue weighted by atomic mass is 10.1. The van der Waals surface area contributed by atoms with Crippen LogP contribution in [0.4, 0.5) is 0 Å². The molecule has 0 aliphatic heterocycles. The summed E-state index contributed by atoms with van der Waals surface area (Å²) in [5.41, 5.74) is 1.69. The second-order valence-electron chi connectivity index (χ2n) is 7.10. The molecule has 2 atom stereocenters. The summed E-state index contributed by atoms with van der Waals surface area (Å²) in [6.45, 7) is 2.44. The van der Waals surface area contributed by atoms with Crippen LogP contribution in [-0.4, -0.2) is 52.1 Å². The van der Waals surface area contributed by atoms with Crippen LogP contribution in [0.2, 0.25) is 0 Å². The highest BCUT2D eigenvalue weighted by Crippen LogP contribution is 2.11. The largest absolute Gasteiger partial charge is 0.467 e. The van der Waals surface area contributed by atoms with Crippen molar-refractivity contribution in [2.75, 3.05) is 13.7 Å². The Kier molecular flexibility index (Phi) is 8.91. The lowest BCUT2D eigenvalue weighted by Crippen LogP contribution is -2.46. The number of benzene rings is 2. The average molecular weight is 463 g/mol. The van der Waals surface area contributed by atoms with Gasteiger partial charge in [-0.3, -0.25) is 9.59 Å². The van der Waals surface area contributed by atoms with E-state index in [-0.39, 0.29) is 11.3 Å². The van der Waals surface area contributed by atoms with Crippen molar-refractivity contribution in [3.05, 3.63) is 65.7 Å². The molecule has 0 bridgehead atoms. The Hall–Kier alpha value is -3.24. The van der Waals surface area contributed by atoms with Crippen molar-refractivity contribution < 1.29 is 32.3 Å². The minimum Gasteiger partial charge on any atom is -0.467 e. The Bertz CT molecular complexity index is 1040. The molecule has 9 nitrogen and oxygen atoms in total. The number of methoxy groups -OCH3 is 1. The standard InChI is InChI=1S/C22H26N2O7S/c1-15-9-11-18(12-10-15)32(28,29)24-16(2)21(26)31-14-20(25)23-19(22(27)30-3)13-17-7-5-4-6-8-17/h4-12,16,19,24H,13-14H2,1-3H3,(H,23,25)/t16-,19?/m0/s1. The third-order valence-electron chi connectivity index (χ3n) is 4.47. The van der Waals surface area contributed by atoms with E-state index in [1.165, 1.54) is 26.2 Å². The number of carbonyl (C=O) groups excluding carboxylic acids is 3. The molecule has 0 aromatic heterocycles. The van der Waals surface area contributed by atoms with Crippen molar-refractivity contribution in [3.8, 4) is 0 Å². The zero-order valence-corrected chi connectivity index (χ0v) is 18.8. The Morgan fingerprint density at radius 2 is 1.59 bits per heavy atom. The number of carbonyl (C=O) groups is 3. The normalized spacial score (nSPS) is 13.0. The molecule has 10 heteroatoms. The van der Waals surface area contributed by atoms with Gasteiger partial charge in [-0.15, -0.1) is 0 Å². The first kappa shape index (κ1) is 25.0. The minimum absolute atomic E-state index is 0.00215. The van der Waals surface area contributed by atoms with E-state index in [2.05, 4.69) is 10.0 Å². The van der Waals surface area contributed by atoms with Crippen molar-refractivity contribution in [1.82, 2.24) is 10.0 Å². The fourth-order valence-corrected chi connectivity index (χ4v) is 3.94. The summed E-state index contributed by atoms with van der Waals surface area (Å²) < 4.78 is 36.6. The highest BCUT2D eigenvalue weighted by Gasteiger charge is 2.25. The number of esters is 2. The topological polar surface area (TPSA) is 128 Å². The van der Waals surface area contributed by atoms with Crippen molar-refractivity contribution in [3.63, 3.8) is 0 Å². The SMILES string of the molecule is COC(=O)C(Cc1ccccc1)NC(=O)COC(=O)[C@H](C)NS(=O)(=O)c1ccc(C)cc1. The Labute approximate surface area is 187 Å². The highest BCUT2D eigenvalue weighted by atomic mass is 32.2. The monoisotopic (exact) mass is 462 g/mol. The molecule has 2 aromatic rings. The average Bonchev–Trinajstić information content (AvgIpc) is 2.77. The lowest BCUT2D eigenvalue weighted by molar-refractivity contribution is -0.151. The summed E-state index contributed by atoms with van der Waals surface area (Å²) in [6, 6.07) is 12.9. The van der Waals surface area contributed by atoms with E-state index in [0.29, 0.717) is 0 Å². The number of amides is 1. The summed E-state index contributed by atoms with van der Waals surface area (Å²) in [5, 5.41) is 2.46. The summed E-state index contributed by atoms with van der Waals surface area (Å²) in [7, 11) is -2.74. The molecular formula is C22H26N2O7S. The zero-order chi connectivity index (χ0) is 23.7. The van der Waals surface area contributed by atoms with Gasteiger partial charge in [-0.2, -0.15) is 4.72 Å². The van der Waals surface area contributed by atoms with Crippen LogP contribution in [-0.2, 0) is 40.3 Å². The molecule has 0 aliphatic rings. The summed E-state index contributed by atoms with van der Waals surface area (Å²) in [6.07, 6.45) is 0.194. The van der Waals surface area contributed by atoms with E-state index in [4.69, 9.17) is 9.47 Å². The van der Waals surface area contributed by atoms with Crippen LogP contribution < -0.4 is 10.0 Å². The number of sulfonamides is 1. The fraction of sp³-hybridized carbons (Fsp3) is 0.318. The Morgan fingerprint density at radius 1 is 0.969 bits per heavy atom. The molecule has 2 rings (SSSR count). The van der Waals surface area contributed by atoms with Gasteiger partial charge in [0.2, 0.25) is 10.0 Å². The van der Waals surface area contributed by atoms with Gasteiger partial charge in [0.1, 0.15) is 12.1 Å². The third kappa shape index (κ3) is 7.47. The second kappa shape index (κ2) is 11.4. The van der Waals surface area contributed by atoms with Gasteiger partial charge in [0.25, 0.3) is 5.91 Å². The predicted molar refractivity (Wildman–Crippen MR) is 116 cm³/mol. The number of nitrogens with one attached hydrogen (secondary N) is 2. The molecular weight excluding hydrogens is 436 g/mol. The Morgan fingerprint density at radius 3 is 2.19 bits per heavy atom. The maximum Gasteiger partial charge on any atom is 0.328 e. The number of ether oxygens (including phenoxy) is 2. The van der Waals surface area contributed by atoms with Crippen LogP contribution in [0.25, 0.3) is 0 Å². The first-order valence-corrected chi connectivity index (χ1v) is 11.3. The number of hydrogen-bond acceptors (Lipinski definition) is 7. The van der Waals surface area contributed by atoms with E-state index in [1.807, 2.05) is 13.0 Å². The van der Waals surface area contributed by atoms with Crippen molar-refractivity contribution in [2.45, 2.75) is 37.2 Å². The molecule has 2 aromatic carbocycles. The summed E-state index contributed by atoms with van der Waals surface area (Å²) >= 11 is 0. The zero-order valence-electron chi connectivity index (χ0n) is 18.0. The van der Waals surface area contributed by atoms with Crippen LogP contribution in [0, 0.1) is 6.92 Å². The minimum atomic E-state index is -3.94. The molecule has 2 N–H and O–H groups in total. The molecule has 0 saturated heterocycles. The van der Waals surface area contributed by atoms with Gasteiger partial charge in [-0.25, -0.2) is 13.2 Å². The van der Waals surface area contributed by atoms with Crippen LogP contribution in [0.3, 0.4) is 0 Å². The predicted octanol–water partition coefficient (Wildman–Crippen LogP) is 1.11. The van der Waals surface area contributed by atoms with Gasteiger partial charge in [-0.05, 0) is 31.5 Å². The van der Waals surface area contributed by atoms with Crippen molar-refractivity contribution in [2.24, 2.45) is 0 Å². The number of rotatable bonds is 10. The van der Waals surface area contributed by atoms with Gasteiger partial charge in [0, 0.05) is 6.42 Å². The first-order valence-electron chi connectivity index (χ1n) is 9.79. The molecule has 0 aliphatic carbocycles. The van der Waals surface area contributed by atoms with Crippen molar-refractivity contribution in [1.29, 1.82) is 0 Å². The highest BCUT2D eigenvalue weighted by molar-refractivity contribution is 7.89. The van der Waals surface area contributed by atoms with Crippen LogP contribution in [0.1, 0.15) is 18.1 Å². The van der Waals surface area contributed by atoms with Gasteiger partial charge >= 0.3 is 11.9 Å². The number of hydrogen-bond donors (Lipinski definition) is 2. The molecule has 0 saturated carbocycles. The molecule has 0 radical (unpaired) electrons. The van der Waals surface area contributed by atoms with Gasteiger partial charge in [0.05, 0.1) is 12.0 Å². The third-order valence-corrected chi connectivity index (χ3v) is 6.02. The molecule has 0 spiro atoms. The van der Waals surface area contributed by atoms with E-state index >= 15 is 0 Å². The first-order chi connectivity index (χ1) is 15.1. The summed E-state index contributed by atoms with van der Waals surface area (Å²) in [4.78, 5) is 36.3. The Balaban J connectivity index is 1.90. The van der Waals surface area contributed by atoms with Crippen LogP contribution in [0.15, 0.2) is 59.5 Å². The molecule has 1 amide bonds. The molecule has 32 heavy (non-hydrogen) atoms. The van der Waals surface area contributed by atoms with Gasteiger partial charge < -0.3 is 14.8 Å². The molecule has 0 heterocycles. The smallest absolute Gasteiger partial charge is 0.328 e. The van der Waals surface area contributed by atoms with Crippen molar-refractivity contribution >= 4 is 27.9 Å². The quantitative estimate of drug-likeness (QED) is 0.506. The second-order valence-corrected chi connectivity index (χ2v) is 8.81. The maximum atomic E-state index is 12.4. The molecule has 172 valence electrons. The molecule has 0 fully saturated rings. The van der Waals surface area contributed by atoms with E-state index in [0.717, 1.165) is 11.1 Å². The molecule has 1 unspecified atom stereocenters. The lowest BCUT2D eigenvalue weighted by Gasteiger charge is -2.17. The van der Waals surface area contributed by atoms with Crippen LogP contribution >= 0.6 is 0 Å². The van der Waals surface area contributed by atoms with E-state index in [9.17, 15) is 22.8 Å². The summed E-state index contributed by atoms with van der Waals surface area (Å²) in [5.74, 6) is -2.31. The van der Waals surface area contributed by atoms with Gasteiger partial charge in [0.15, 0.2) is 6.61 Å². The van der Waals surface area contributed by atoms with E-state index in [1.54, 1.807) is 36.4 Å².